The van der Waals surface area contributed by atoms with Crippen molar-refractivity contribution < 1.29 is 9.32 Å². The van der Waals surface area contributed by atoms with Crippen LogP contribution in [0.3, 0.4) is 0 Å². The SMILES string of the molecule is O=C(NCc1cccc2ccccc12)N1CC(c2nc(-c3ccccc3)no2)C1. The summed E-state index contributed by atoms with van der Waals surface area (Å²) in [6.45, 7) is 1.66. The Morgan fingerprint density at radius 1 is 1.00 bits per heavy atom. The van der Waals surface area contributed by atoms with Gasteiger partial charge in [0.2, 0.25) is 11.7 Å². The first-order chi connectivity index (χ1) is 14.3. The van der Waals surface area contributed by atoms with Crippen molar-refractivity contribution in [3.63, 3.8) is 0 Å². The van der Waals surface area contributed by atoms with Gasteiger partial charge in [0, 0.05) is 25.2 Å². The highest BCUT2D eigenvalue weighted by Crippen LogP contribution is 2.27. The van der Waals surface area contributed by atoms with Gasteiger partial charge in [-0.1, -0.05) is 78.0 Å². The predicted molar refractivity (Wildman–Crippen MR) is 110 cm³/mol. The summed E-state index contributed by atoms with van der Waals surface area (Å²) in [6, 6.07) is 24.0. The first kappa shape index (κ1) is 17.4. The van der Waals surface area contributed by atoms with Crippen molar-refractivity contribution in [2.75, 3.05) is 13.1 Å². The topological polar surface area (TPSA) is 71.3 Å². The summed E-state index contributed by atoms with van der Waals surface area (Å²) >= 11 is 0. The minimum absolute atomic E-state index is 0.0722. The lowest BCUT2D eigenvalue weighted by molar-refractivity contribution is 0.136. The molecule has 1 fully saturated rings. The highest BCUT2D eigenvalue weighted by Gasteiger charge is 2.35. The van der Waals surface area contributed by atoms with E-state index in [4.69, 9.17) is 4.52 Å². The smallest absolute Gasteiger partial charge is 0.317 e. The van der Waals surface area contributed by atoms with E-state index in [1.165, 1.54) is 5.39 Å². The van der Waals surface area contributed by atoms with Gasteiger partial charge in [0.1, 0.15) is 0 Å². The van der Waals surface area contributed by atoms with Gasteiger partial charge in [0.25, 0.3) is 0 Å². The number of nitrogens with zero attached hydrogens (tertiary/aromatic N) is 3. The largest absolute Gasteiger partial charge is 0.339 e. The monoisotopic (exact) mass is 384 g/mol. The van der Waals surface area contributed by atoms with E-state index in [0.717, 1.165) is 16.5 Å². The second-order valence-electron chi connectivity index (χ2n) is 7.22. The van der Waals surface area contributed by atoms with Gasteiger partial charge < -0.3 is 14.7 Å². The molecule has 29 heavy (non-hydrogen) atoms. The summed E-state index contributed by atoms with van der Waals surface area (Å²) in [6.07, 6.45) is 0. The molecule has 0 radical (unpaired) electrons. The third-order valence-electron chi connectivity index (χ3n) is 5.30. The molecule has 3 aromatic carbocycles. The summed E-state index contributed by atoms with van der Waals surface area (Å²) in [7, 11) is 0. The van der Waals surface area contributed by atoms with Crippen LogP contribution in [0.4, 0.5) is 4.79 Å². The molecule has 0 saturated carbocycles. The fourth-order valence-corrected chi connectivity index (χ4v) is 3.64. The Balaban J connectivity index is 1.18. The molecular formula is C23H20N4O2. The first-order valence-electron chi connectivity index (χ1n) is 9.66. The number of hydrogen-bond acceptors (Lipinski definition) is 4. The number of amides is 2. The van der Waals surface area contributed by atoms with Gasteiger partial charge >= 0.3 is 6.03 Å². The molecule has 0 bridgehead atoms. The molecule has 1 aromatic heterocycles. The van der Waals surface area contributed by atoms with Crippen molar-refractivity contribution in [1.29, 1.82) is 0 Å². The molecule has 6 nitrogen and oxygen atoms in total. The highest BCUT2D eigenvalue weighted by molar-refractivity contribution is 5.86. The Morgan fingerprint density at radius 2 is 1.76 bits per heavy atom. The minimum Gasteiger partial charge on any atom is -0.339 e. The lowest BCUT2D eigenvalue weighted by Crippen LogP contribution is -2.52. The number of carbonyl (C=O) groups is 1. The van der Waals surface area contributed by atoms with Gasteiger partial charge in [-0.05, 0) is 16.3 Å². The lowest BCUT2D eigenvalue weighted by Gasteiger charge is -2.36. The summed E-state index contributed by atoms with van der Waals surface area (Å²) < 4.78 is 5.41. The van der Waals surface area contributed by atoms with Crippen molar-refractivity contribution in [2.24, 2.45) is 0 Å². The van der Waals surface area contributed by atoms with Crippen LogP contribution in [0.1, 0.15) is 17.4 Å². The van der Waals surface area contributed by atoms with Crippen molar-refractivity contribution in [1.82, 2.24) is 20.4 Å². The number of hydrogen-bond donors (Lipinski definition) is 1. The third-order valence-corrected chi connectivity index (χ3v) is 5.30. The molecule has 0 spiro atoms. The van der Waals surface area contributed by atoms with Crippen LogP contribution in [0.25, 0.3) is 22.2 Å². The van der Waals surface area contributed by atoms with E-state index >= 15 is 0 Å². The Kier molecular flexibility index (Phi) is 4.44. The number of aromatic nitrogens is 2. The Labute approximate surface area is 168 Å². The van der Waals surface area contributed by atoms with Crippen molar-refractivity contribution >= 4 is 16.8 Å². The molecule has 5 rings (SSSR count). The zero-order valence-electron chi connectivity index (χ0n) is 15.8. The van der Waals surface area contributed by atoms with E-state index in [1.54, 1.807) is 4.90 Å². The Morgan fingerprint density at radius 3 is 2.62 bits per heavy atom. The number of benzene rings is 3. The van der Waals surface area contributed by atoms with Crippen LogP contribution in [0.2, 0.25) is 0 Å². The fourth-order valence-electron chi connectivity index (χ4n) is 3.64. The van der Waals surface area contributed by atoms with E-state index in [1.807, 2.05) is 54.6 Å². The minimum atomic E-state index is -0.0722. The van der Waals surface area contributed by atoms with E-state index < -0.39 is 0 Å². The van der Waals surface area contributed by atoms with Gasteiger partial charge in [-0.2, -0.15) is 4.98 Å². The van der Waals surface area contributed by atoms with Gasteiger partial charge in [-0.15, -0.1) is 0 Å². The van der Waals surface area contributed by atoms with Crippen LogP contribution in [-0.4, -0.2) is 34.2 Å². The number of likely N-dealkylation sites (tertiary alicyclic amines) is 1. The summed E-state index contributed by atoms with van der Waals surface area (Å²) in [5.41, 5.74) is 2.03. The van der Waals surface area contributed by atoms with Crippen molar-refractivity contribution in [3.05, 3.63) is 84.3 Å². The molecule has 0 atom stereocenters. The Bertz CT molecular complexity index is 1140. The Hall–Kier alpha value is -3.67. The summed E-state index contributed by atoms with van der Waals surface area (Å²) in [5, 5.41) is 9.41. The molecule has 144 valence electrons. The lowest BCUT2D eigenvalue weighted by atomic mass is 10.0. The van der Waals surface area contributed by atoms with Gasteiger partial charge in [0.15, 0.2) is 0 Å². The van der Waals surface area contributed by atoms with E-state index in [9.17, 15) is 4.79 Å². The summed E-state index contributed by atoms with van der Waals surface area (Å²) in [4.78, 5) is 18.7. The quantitative estimate of drug-likeness (QED) is 0.572. The standard InChI is InChI=1S/C23H20N4O2/c28-23(24-13-18-11-6-10-16-7-4-5-12-20(16)18)27-14-19(15-27)22-25-21(26-29-22)17-8-2-1-3-9-17/h1-12,19H,13-15H2,(H,24,28). The molecule has 1 saturated heterocycles. The predicted octanol–water partition coefficient (Wildman–Crippen LogP) is 4.20. The zero-order chi connectivity index (χ0) is 19.6. The second-order valence-corrected chi connectivity index (χ2v) is 7.22. The molecule has 1 aliphatic rings. The number of urea groups is 1. The van der Waals surface area contributed by atoms with Crippen molar-refractivity contribution in [3.8, 4) is 11.4 Å². The van der Waals surface area contributed by atoms with Crippen LogP contribution < -0.4 is 5.32 Å². The molecule has 2 heterocycles. The van der Waals surface area contributed by atoms with Crippen LogP contribution in [0, 0.1) is 0 Å². The zero-order valence-corrected chi connectivity index (χ0v) is 15.8. The molecule has 0 aliphatic carbocycles. The van der Waals surface area contributed by atoms with Crippen LogP contribution in [0.5, 0.6) is 0 Å². The van der Waals surface area contributed by atoms with Crippen LogP contribution in [-0.2, 0) is 6.54 Å². The molecule has 6 heteroatoms. The summed E-state index contributed by atoms with van der Waals surface area (Å²) in [5.74, 6) is 1.25. The first-order valence-corrected chi connectivity index (χ1v) is 9.66. The van der Waals surface area contributed by atoms with E-state index in [0.29, 0.717) is 31.3 Å². The number of nitrogens with one attached hydrogen (secondary N) is 1. The van der Waals surface area contributed by atoms with Gasteiger partial charge in [-0.3, -0.25) is 0 Å². The number of fused-ring (bicyclic) bond motifs is 1. The molecule has 1 N–H and O–H groups in total. The average Bonchev–Trinajstić information content (AvgIpc) is 3.21. The van der Waals surface area contributed by atoms with Crippen LogP contribution in [0.15, 0.2) is 77.3 Å². The number of carbonyl (C=O) groups excluding carboxylic acids is 1. The second kappa shape index (κ2) is 7.39. The van der Waals surface area contributed by atoms with Gasteiger partial charge in [0.05, 0.1) is 5.92 Å². The normalized spacial score (nSPS) is 14.0. The molecule has 2 amide bonds. The number of rotatable bonds is 4. The van der Waals surface area contributed by atoms with Crippen molar-refractivity contribution in [2.45, 2.75) is 12.5 Å². The maximum atomic E-state index is 12.5. The molecule has 1 aliphatic heterocycles. The van der Waals surface area contributed by atoms with E-state index in [-0.39, 0.29) is 11.9 Å². The molecule has 0 unspecified atom stereocenters. The fraction of sp³-hybridized carbons (Fsp3) is 0.174. The maximum Gasteiger partial charge on any atom is 0.317 e. The maximum absolute atomic E-state index is 12.5. The molecule has 4 aromatic rings. The molecular weight excluding hydrogens is 364 g/mol. The van der Waals surface area contributed by atoms with Gasteiger partial charge in [-0.25, -0.2) is 4.79 Å². The highest BCUT2D eigenvalue weighted by atomic mass is 16.5. The van der Waals surface area contributed by atoms with Crippen LogP contribution >= 0.6 is 0 Å². The average molecular weight is 384 g/mol. The third kappa shape index (κ3) is 3.45. The van der Waals surface area contributed by atoms with E-state index in [2.05, 4.69) is 33.7 Å².